The molecule has 1 saturated carbocycles. The van der Waals surface area contributed by atoms with E-state index in [1.54, 1.807) is 24.3 Å². The number of halogens is 1. The van der Waals surface area contributed by atoms with Crippen molar-refractivity contribution in [2.45, 2.75) is 55.6 Å². The van der Waals surface area contributed by atoms with Crippen LogP contribution in [0.1, 0.15) is 55.3 Å². The number of carboxylic acid groups (broad SMARTS) is 1. The summed E-state index contributed by atoms with van der Waals surface area (Å²) in [5, 5.41) is 8.39. The van der Waals surface area contributed by atoms with Gasteiger partial charge in [-0.3, -0.25) is 9.69 Å². The minimum absolute atomic E-state index is 0.0207. The first-order chi connectivity index (χ1) is 12.8. The topological polar surface area (TPSA) is 91.8 Å². The van der Waals surface area contributed by atoms with Crippen molar-refractivity contribution in [2.75, 3.05) is 6.54 Å². The summed E-state index contributed by atoms with van der Waals surface area (Å²) in [6, 6.07) is 6.74. The Kier molecular flexibility index (Phi) is 6.11. The number of rotatable bonds is 4. The monoisotopic (exact) mass is 413 g/mol. The Bertz CT molecular complexity index is 800. The summed E-state index contributed by atoms with van der Waals surface area (Å²) < 4.78 is 26.1. The maximum Gasteiger partial charge on any atom is 0.408 e. The predicted octanol–water partition coefficient (Wildman–Crippen LogP) is 3.99. The fourth-order valence-electron chi connectivity index (χ4n) is 4.19. The third-order valence-electron chi connectivity index (χ3n) is 5.71. The molecule has 2 aliphatic rings. The molecule has 3 rings (SSSR count). The molecular formula is C19H24ClNO5S. The first-order valence-electron chi connectivity index (χ1n) is 9.32. The van der Waals surface area contributed by atoms with Crippen LogP contribution in [-0.4, -0.2) is 47.5 Å². The van der Waals surface area contributed by atoms with E-state index < -0.39 is 26.6 Å². The van der Waals surface area contributed by atoms with Crippen LogP contribution < -0.4 is 0 Å². The molecule has 1 saturated heterocycles. The summed E-state index contributed by atoms with van der Waals surface area (Å²) in [5.41, 5.74) is 0.593. The van der Waals surface area contributed by atoms with Gasteiger partial charge in [0.1, 0.15) is 5.37 Å². The van der Waals surface area contributed by atoms with Gasteiger partial charge in [-0.1, -0.05) is 11.6 Å². The number of sulfone groups is 1. The molecule has 1 heterocycles. The third kappa shape index (κ3) is 4.29. The van der Waals surface area contributed by atoms with Gasteiger partial charge in [0, 0.05) is 23.0 Å². The number of piperidine rings is 1. The average molecular weight is 414 g/mol. The van der Waals surface area contributed by atoms with E-state index in [9.17, 15) is 23.1 Å². The van der Waals surface area contributed by atoms with Crippen molar-refractivity contribution in [2.24, 2.45) is 5.92 Å². The number of amides is 1. The maximum atomic E-state index is 13.0. The first kappa shape index (κ1) is 20.1. The van der Waals surface area contributed by atoms with Crippen LogP contribution in [-0.2, 0) is 9.84 Å². The van der Waals surface area contributed by atoms with Crippen molar-refractivity contribution in [3.8, 4) is 0 Å². The molecule has 1 aromatic rings. The van der Waals surface area contributed by atoms with Crippen LogP contribution in [0.3, 0.4) is 0 Å². The largest absolute Gasteiger partial charge is 0.465 e. The zero-order chi connectivity index (χ0) is 19.6. The maximum absolute atomic E-state index is 13.0. The van der Waals surface area contributed by atoms with E-state index in [0.717, 1.165) is 11.3 Å². The van der Waals surface area contributed by atoms with E-state index in [1.165, 1.54) is 0 Å². The molecule has 148 valence electrons. The summed E-state index contributed by atoms with van der Waals surface area (Å²) >= 11 is 5.86. The van der Waals surface area contributed by atoms with Gasteiger partial charge >= 0.3 is 6.09 Å². The Morgan fingerprint density at radius 3 is 2.22 bits per heavy atom. The van der Waals surface area contributed by atoms with Gasteiger partial charge in [0.05, 0.1) is 5.25 Å². The van der Waals surface area contributed by atoms with E-state index in [2.05, 4.69) is 0 Å². The molecule has 1 atom stereocenters. The zero-order valence-electron chi connectivity index (χ0n) is 15.0. The molecule has 8 heteroatoms. The van der Waals surface area contributed by atoms with Crippen LogP contribution in [0.2, 0.25) is 5.02 Å². The van der Waals surface area contributed by atoms with E-state index in [1.807, 2.05) is 0 Å². The second-order valence-corrected chi connectivity index (χ2v) is 10.2. The lowest BCUT2D eigenvalue weighted by molar-refractivity contribution is 0.0889. The highest BCUT2D eigenvalue weighted by atomic mass is 35.5. The predicted molar refractivity (Wildman–Crippen MR) is 103 cm³/mol. The number of ketones is 1. The van der Waals surface area contributed by atoms with Gasteiger partial charge in [0.15, 0.2) is 15.6 Å². The molecule has 0 unspecified atom stereocenters. The van der Waals surface area contributed by atoms with Gasteiger partial charge in [0.25, 0.3) is 0 Å². The van der Waals surface area contributed by atoms with Crippen LogP contribution in [0.25, 0.3) is 0 Å². The molecule has 1 amide bonds. The van der Waals surface area contributed by atoms with Gasteiger partial charge in [-0.15, -0.1) is 0 Å². The number of hydrogen-bond donors (Lipinski definition) is 1. The Morgan fingerprint density at radius 1 is 1.00 bits per heavy atom. The molecular weight excluding hydrogens is 390 g/mol. The lowest BCUT2D eigenvalue weighted by atomic mass is 9.83. The summed E-state index contributed by atoms with van der Waals surface area (Å²) in [6.45, 7) is 0.267. The highest BCUT2D eigenvalue weighted by Gasteiger charge is 2.43. The van der Waals surface area contributed by atoms with Crippen molar-refractivity contribution in [3.05, 3.63) is 34.9 Å². The Labute approximate surface area is 164 Å². The molecule has 1 aromatic carbocycles. The lowest BCUT2D eigenvalue weighted by Gasteiger charge is -2.37. The highest BCUT2D eigenvalue weighted by Crippen LogP contribution is 2.35. The minimum Gasteiger partial charge on any atom is -0.465 e. The van der Waals surface area contributed by atoms with Gasteiger partial charge in [-0.2, -0.15) is 0 Å². The Hall–Kier alpha value is -1.60. The zero-order valence-corrected chi connectivity index (χ0v) is 16.6. The quantitative estimate of drug-likeness (QED) is 0.753. The number of likely N-dealkylation sites (tertiary alicyclic amines) is 1. The molecule has 0 spiro atoms. The van der Waals surface area contributed by atoms with E-state index in [4.69, 9.17) is 11.6 Å². The molecule has 6 nitrogen and oxygen atoms in total. The van der Waals surface area contributed by atoms with E-state index in [-0.39, 0.29) is 18.2 Å². The fourth-order valence-corrected chi connectivity index (χ4v) is 6.73. The molecule has 27 heavy (non-hydrogen) atoms. The van der Waals surface area contributed by atoms with Crippen molar-refractivity contribution < 1.29 is 23.1 Å². The molecule has 1 aliphatic carbocycles. The average Bonchev–Trinajstić information content (AvgIpc) is 2.68. The van der Waals surface area contributed by atoms with Crippen molar-refractivity contribution in [1.82, 2.24) is 4.90 Å². The summed E-state index contributed by atoms with van der Waals surface area (Å²) in [4.78, 5) is 25.1. The lowest BCUT2D eigenvalue weighted by Crippen LogP contribution is -2.50. The highest BCUT2D eigenvalue weighted by molar-refractivity contribution is 7.92. The van der Waals surface area contributed by atoms with Crippen LogP contribution in [0.15, 0.2) is 24.3 Å². The molecule has 2 fully saturated rings. The summed E-state index contributed by atoms with van der Waals surface area (Å²) in [7, 11) is -3.58. The number of carbonyl (C=O) groups is 2. The van der Waals surface area contributed by atoms with Crippen molar-refractivity contribution >= 4 is 33.3 Å². The number of hydrogen-bond acceptors (Lipinski definition) is 4. The van der Waals surface area contributed by atoms with Gasteiger partial charge in [-0.05, 0) is 69.2 Å². The second kappa shape index (κ2) is 8.19. The van der Waals surface area contributed by atoms with E-state index >= 15 is 0 Å². The van der Waals surface area contributed by atoms with Crippen LogP contribution in [0.5, 0.6) is 0 Å². The minimum atomic E-state index is -3.58. The fraction of sp³-hybridized carbons (Fsp3) is 0.579. The van der Waals surface area contributed by atoms with Crippen molar-refractivity contribution in [1.29, 1.82) is 0 Å². The molecule has 0 radical (unpaired) electrons. The summed E-state index contributed by atoms with van der Waals surface area (Å²) in [6.07, 6.45) is 2.41. The molecule has 1 aliphatic heterocycles. The standard InChI is InChI=1S/C19H24ClNO5S/c20-15-8-4-13(5-9-15)18(22)14-6-10-16(11-7-14)27(25,26)17-3-1-2-12-21(17)19(23)24/h4-5,8-9,14,16-17H,1-3,6-7,10-12H2,(H,23,24)/t14?,16?,17-/m1/s1. The Morgan fingerprint density at radius 2 is 1.63 bits per heavy atom. The smallest absolute Gasteiger partial charge is 0.408 e. The van der Waals surface area contributed by atoms with Gasteiger partial charge in [0.2, 0.25) is 0 Å². The van der Waals surface area contributed by atoms with Crippen LogP contribution in [0, 0.1) is 5.92 Å². The number of Topliss-reactive ketones (excluding diaryl/α,β-unsaturated/α-hetero) is 1. The number of benzene rings is 1. The first-order valence-corrected chi connectivity index (χ1v) is 11.3. The normalized spacial score (nSPS) is 26.6. The number of nitrogens with zero attached hydrogens (tertiary/aromatic N) is 1. The van der Waals surface area contributed by atoms with Crippen LogP contribution >= 0.6 is 11.6 Å². The van der Waals surface area contributed by atoms with Gasteiger partial charge < -0.3 is 5.11 Å². The molecule has 1 N–H and O–H groups in total. The third-order valence-corrected chi connectivity index (χ3v) is 8.61. The summed E-state index contributed by atoms with van der Waals surface area (Å²) in [5.74, 6) is -0.174. The molecule has 0 aromatic heterocycles. The second-order valence-electron chi connectivity index (χ2n) is 7.36. The Balaban J connectivity index is 1.66. The SMILES string of the molecule is O=C(c1ccc(Cl)cc1)C1CCC(S(=O)(=O)[C@@H]2CCCCN2C(=O)O)CC1. The molecule has 0 bridgehead atoms. The number of carbonyl (C=O) groups excluding carboxylic acids is 1. The van der Waals surface area contributed by atoms with Gasteiger partial charge in [-0.25, -0.2) is 13.2 Å². The van der Waals surface area contributed by atoms with E-state index in [0.29, 0.717) is 49.1 Å². The van der Waals surface area contributed by atoms with Crippen LogP contribution in [0.4, 0.5) is 4.79 Å². The van der Waals surface area contributed by atoms with Crippen molar-refractivity contribution in [3.63, 3.8) is 0 Å².